The lowest BCUT2D eigenvalue weighted by Crippen LogP contribution is -2.22. The molecule has 0 saturated heterocycles. The van der Waals surface area contributed by atoms with Gasteiger partial charge in [0.05, 0.1) is 4.90 Å². The summed E-state index contributed by atoms with van der Waals surface area (Å²) in [6.07, 6.45) is 0.927. The predicted octanol–water partition coefficient (Wildman–Crippen LogP) is 1.66. The van der Waals surface area contributed by atoms with E-state index in [1.54, 1.807) is 18.2 Å². The number of hydrogen-bond donors (Lipinski definition) is 2. The van der Waals surface area contributed by atoms with Gasteiger partial charge in [-0.3, -0.25) is 0 Å². The van der Waals surface area contributed by atoms with Crippen molar-refractivity contribution < 1.29 is 8.42 Å². The molecule has 0 saturated carbocycles. The quantitative estimate of drug-likeness (QED) is 0.813. The standard InChI is InChI=1S/C12H20N2O2S/c1-4-12(14-5-2)10-7-6-8-11(9-10)17(15,16)13-3/h6-9,12-14H,4-5H2,1-3H3. The van der Waals surface area contributed by atoms with Gasteiger partial charge in [0.15, 0.2) is 0 Å². The molecule has 0 aliphatic rings. The lowest BCUT2D eigenvalue weighted by molar-refractivity contribution is 0.536. The average Bonchev–Trinajstić information content (AvgIpc) is 2.36. The summed E-state index contributed by atoms with van der Waals surface area (Å²) >= 11 is 0. The Morgan fingerprint density at radius 1 is 1.29 bits per heavy atom. The van der Waals surface area contributed by atoms with Crippen LogP contribution in [0.2, 0.25) is 0 Å². The van der Waals surface area contributed by atoms with E-state index < -0.39 is 10.0 Å². The van der Waals surface area contributed by atoms with Crippen LogP contribution in [-0.4, -0.2) is 22.0 Å². The molecule has 0 aliphatic heterocycles. The Morgan fingerprint density at radius 2 is 2.00 bits per heavy atom. The van der Waals surface area contributed by atoms with Crippen molar-refractivity contribution in [1.82, 2.24) is 10.0 Å². The number of nitrogens with one attached hydrogen (secondary N) is 2. The minimum Gasteiger partial charge on any atom is -0.310 e. The van der Waals surface area contributed by atoms with E-state index in [0.717, 1.165) is 18.5 Å². The summed E-state index contributed by atoms with van der Waals surface area (Å²) < 4.78 is 25.7. The van der Waals surface area contributed by atoms with Gasteiger partial charge in [-0.25, -0.2) is 13.1 Å². The van der Waals surface area contributed by atoms with Gasteiger partial charge in [-0.15, -0.1) is 0 Å². The van der Waals surface area contributed by atoms with E-state index in [4.69, 9.17) is 0 Å². The molecule has 0 heterocycles. The minimum absolute atomic E-state index is 0.201. The fraction of sp³-hybridized carbons (Fsp3) is 0.500. The largest absolute Gasteiger partial charge is 0.310 e. The molecule has 0 bridgehead atoms. The van der Waals surface area contributed by atoms with Gasteiger partial charge in [-0.05, 0) is 37.7 Å². The normalized spacial score (nSPS) is 13.6. The fourth-order valence-electron chi connectivity index (χ4n) is 1.76. The Balaban J connectivity index is 3.08. The lowest BCUT2D eigenvalue weighted by Gasteiger charge is -2.17. The van der Waals surface area contributed by atoms with Gasteiger partial charge < -0.3 is 5.32 Å². The van der Waals surface area contributed by atoms with Gasteiger partial charge in [-0.2, -0.15) is 0 Å². The van der Waals surface area contributed by atoms with Crippen molar-refractivity contribution in [2.75, 3.05) is 13.6 Å². The molecule has 1 atom stereocenters. The zero-order chi connectivity index (χ0) is 12.9. The van der Waals surface area contributed by atoms with Crippen LogP contribution in [0.15, 0.2) is 29.2 Å². The summed E-state index contributed by atoms with van der Waals surface area (Å²) in [5, 5.41) is 3.33. The highest BCUT2D eigenvalue weighted by molar-refractivity contribution is 7.89. The van der Waals surface area contributed by atoms with Crippen LogP contribution in [0.1, 0.15) is 31.9 Å². The van der Waals surface area contributed by atoms with E-state index in [1.165, 1.54) is 7.05 Å². The molecule has 96 valence electrons. The summed E-state index contributed by atoms with van der Waals surface area (Å²) in [6, 6.07) is 7.26. The summed E-state index contributed by atoms with van der Waals surface area (Å²) in [6.45, 7) is 4.98. The van der Waals surface area contributed by atoms with Crippen LogP contribution < -0.4 is 10.0 Å². The van der Waals surface area contributed by atoms with Crippen LogP contribution in [0.4, 0.5) is 0 Å². The van der Waals surface area contributed by atoms with E-state index in [0.29, 0.717) is 4.90 Å². The molecule has 1 rings (SSSR count). The number of rotatable bonds is 6. The van der Waals surface area contributed by atoms with Crippen LogP contribution >= 0.6 is 0 Å². The first-order valence-electron chi connectivity index (χ1n) is 5.82. The second-order valence-corrected chi connectivity index (χ2v) is 5.69. The minimum atomic E-state index is -3.36. The molecule has 0 amide bonds. The average molecular weight is 256 g/mol. The summed E-state index contributed by atoms with van der Waals surface area (Å²) in [7, 11) is -1.93. The number of benzene rings is 1. The first-order chi connectivity index (χ1) is 8.05. The summed E-state index contributed by atoms with van der Waals surface area (Å²) in [4.78, 5) is 0.314. The first-order valence-corrected chi connectivity index (χ1v) is 7.30. The Hall–Kier alpha value is -0.910. The van der Waals surface area contributed by atoms with Crippen molar-refractivity contribution in [3.63, 3.8) is 0 Å². The van der Waals surface area contributed by atoms with Gasteiger partial charge in [0.1, 0.15) is 0 Å². The molecule has 1 unspecified atom stereocenters. The SMILES string of the molecule is CCNC(CC)c1cccc(S(=O)(=O)NC)c1. The highest BCUT2D eigenvalue weighted by Gasteiger charge is 2.14. The molecule has 1 aromatic rings. The molecule has 0 aromatic heterocycles. The third-order valence-electron chi connectivity index (χ3n) is 2.70. The maximum Gasteiger partial charge on any atom is 0.240 e. The third kappa shape index (κ3) is 3.52. The van der Waals surface area contributed by atoms with Gasteiger partial charge >= 0.3 is 0 Å². The Morgan fingerprint density at radius 3 is 2.53 bits per heavy atom. The van der Waals surface area contributed by atoms with Crippen LogP contribution in [0, 0.1) is 0 Å². The second kappa shape index (κ2) is 6.14. The third-order valence-corrected chi connectivity index (χ3v) is 4.11. The fourth-order valence-corrected chi connectivity index (χ4v) is 2.55. The maximum atomic E-state index is 11.7. The Kier molecular flexibility index (Phi) is 5.11. The molecule has 0 fully saturated rings. The predicted molar refractivity (Wildman–Crippen MR) is 69.4 cm³/mol. The smallest absolute Gasteiger partial charge is 0.240 e. The highest BCUT2D eigenvalue weighted by Crippen LogP contribution is 2.19. The topological polar surface area (TPSA) is 58.2 Å². The highest BCUT2D eigenvalue weighted by atomic mass is 32.2. The van der Waals surface area contributed by atoms with E-state index in [2.05, 4.69) is 17.0 Å². The second-order valence-electron chi connectivity index (χ2n) is 3.80. The van der Waals surface area contributed by atoms with E-state index in [9.17, 15) is 8.42 Å². The van der Waals surface area contributed by atoms with Crippen molar-refractivity contribution in [2.24, 2.45) is 0 Å². The van der Waals surface area contributed by atoms with Crippen molar-refractivity contribution in [3.05, 3.63) is 29.8 Å². The van der Waals surface area contributed by atoms with Gasteiger partial charge in [-0.1, -0.05) is 26.0 Å². The lowest BCUT2D eigenvalue weighted by atomic mass is 10.0. The molecule has 2 N–H and O–H groups in total. The molecule has 17 heavy (non-hydrogen) atoms. The van der Waals surface area contributed by atoms with Crippen molar-refractivity contribution >= 4 is 10.0 Å². The van der Waals surface area contributed by atoms with Crippen molar-refractivity contribution in [2.45, 2.75) is 31.2 Å². The number of sulfonamides is 1. The molecule has 0 spiro atoms. The van der Waals surface area contributed by atoms with E-state index >= 15 is 0 Å². The molecule has 5 heteroatoms. The van der Waals surface area contributed by atoms with Crippen LogP contribution in [0.3, 0.4) is 0 Å². The number of hydrogen-bond acceptors (Lipinski definition) is 3. The van der Waals surface area contributed by atoms with Gasteiger partial charge in [0.2, 0.25) is 10.0 Å². The van der Waals surface area contributed by atoms with E-state index in [-0.39, 0.29) is 6.04 Å². The Labute approximate surface area is 103 Å². The molecule has 4 nitrogen and oxygen atoms in total. The first kappa shape index (κ1) is 14.2. The maximum absolute atomic E-state index is 11.7. The molecular weight excluding hydrogens is 236 g/mol. The monoisotopic (exact) mass is 256 g/mol. The molecule has 0 aliphatic carbocycles. The van der Waals surface area contributed by atoms with Crippen molar-refractivity contribution in [1.29, 1.82) is 0 Å². The molecule has 1 aromatic carbocycles. The van der Waals surface area contributed by atoms with Crippen LogP contribution in [-0.2, 0) is 10.0 Å². The Bertz CT molecular complexity index is 457. The summed E-state index contributed by atoms with van der Waals surface area (Å²) in [5.74, 6) is 0. The van der Waals surface area contributed by atoms with Crippen LogP contribution in [0.25, 0.3) is 0 Å². The van der Waals surface area contributed by atoms with Gasteiger partial charge in [0, 0.05) is 6.04 Å². The zero-order valence-electron chi connectivity index (χ0n) is 10.5. The zero-order valence-corrected chi connectivity index (χ0v) is 11.3. The van der Waals surface area contributed by atoms with Crippen molar-refractivity contribution in [3.8, 4) is 0 Å². The van der Waals surface area contributed by atoms with Gasteiger partial charge in [0.25, 0.3) is 0 Å². The summed E-state index contributed by atoms with van der Waals surface area (Å²) in [5.41, 5.74) is 1.01. The van der Waals surface area contributed by atoms with Crippen LogP contribution in [0.5, 0.6) is 0 Å². The molecule has 0 radical (unpaired) electrons. The molecular formula is C12H20N2O2S. The van der Waals surface area contributed by atoms with E-state index in [1.807, 2.05) is 13.0 Å².